The van der Waals surface area contributed by atoms with Crippen LogP contribution in [0.5, 0.6) is 0 Å². The molecule has 0 spiro atoms. The summed E-state index contributed by atoms with van der Waals surface area (Å²) in [7, 11) is 0. The summed E-state index contributed by atoms with van der Waals surface area (Å²) in [5.74, 6) is 0. The Morgan fingerprint density at radius 3 is 2.14 bits per heavy atom. The molecule has 0 fully saturated rings. The van der Waals surface area contributed by atoms with Crippen LogP contribution in [0.3, 0.4) is 0 Å². The van der Waals surface area contributed by atoms with Gasteiger partial charge in [-0.15, -0.1) is 0 Å². The molecule has 1 rings (SSSR count). The molecular formula is C20H35N. The lowest BCUT2D eigenvalue weighted by Crippen LogP contribution is -2.44. The third-order valence-electron chi connectivity index (χ3n) is 4.93. The summed E-state index contributed by atoms with van der Waals surface area (Å²) < 4.78 is 0. The fourth-order valence-corrected chi connectivity index (χ4v) is 3.04. The average molecular weight is 290 g/mol. The zero-order valence-electron chi connectivity index (χ0n) is 15.0. The predicted molar refractivity (Wildman–Crippen MR) is 94.4 cm³/mol. The summed E-state index contributed by atoms with van der Waals surface area (Å²) in [6.07, 6.45) is 5.03. The second kappa shape index (κ2) is 7.98. The van der Waals surface area contributed by atoms with E-state index in [2.05, 4.69) is 77.2 Å². The summed E-state index contributed by atoms with van der Waals surface area (Å²) >= 11 is 0. The van der Waals surface area contributed by atoms with Gasteiger partial charge in [-0.25, -0.2) is 0 Å². The van der Waals surface area contributed by atoms with E-state index < -0.39 is 0 Å². The van der Waals surface area contributed by atoms with Crippen molar-refractivity contribution in [3.05, 3.63) is 35.9 Å². The maximum Gasteiger partial charge on any atom is 0.0208 e. The van der Waals surface area contributed by atoms with Crippen molar-refractivity contribution >= 4 is 0 Å². The molecule has 1 heteroatoms. The Hall–Kier alpha value is -0.820. The third kappa shape index (κ3) is 6.22. The first kappa shape index (κ1) is 18.2. The number of hydrogen-bond acceptors (Lipinski definition) is 1. The lowest BCUT2D eigenvalue weighted by Gasteiger charge is -2.39. The fourth-order valence-electron chi connectivity index (χ4n) is 3.04. The van der Waals surface area contributed by atoms with Crippen LogP contribution in [0.15, 0.2) is 30.3 Å². The molecule has 0 aliphatic heterocycles. The van der Waals surface area contributed by atoms with Crippen LogP contribution in [0.25, 0.3) is 0 Å². The molecule has 0 saturated carbocycles. The highest BCUT2D eigenvalue weighted by molar-refractivity contribution is 5.14. The molecule has 0 saturated heterocycles. The minimum absolute atomic E-state index is 0.333. The SMILES string of the molecule is CCCC(C)(C)CC(NCc1ccccc1)C(C)(C)CC. The molecule has 21 heavy (non-hydrogen) atoms. The second-order valence-corrected chi connectivity index (χ2v) is 7.88. The topological polar surface area (TPSA) is 12.0 Å². The van der Waals surface area contributed by atoms with Crippen LogP contribution in [-0.4, -0.2) is 6.04 Å². The molecule has 1 unspecified atom stereocenters. The minimum atomic E-state index is 0.333. The first-order chi connectivity index (χ1) is 9.80. The Morgan fingerprint density at radius 1 is 1.00 bits per heavy atom. The normalized spacial score (nSPS) is 14.2. The standard InChI is InChI=1S/C20H35N/c1-7-14-19(3,4)15-18(20(5,6)8-2)21-16-17-12-10-9-11-13-17/h9-13,18,21H,7-8,14-16H2,1-6H3. The largest absolute Gasteiger partial charge is 0.309 e. The molecule has 1 atom stereocenters. The Bertz CT molecular complexity index is 392. The zero-order chi connectivity index (χ0) is 15.9. The van der Waals surface area contributed by atoms with Crippen molar-refractivity contribution < 1.29 is 0 Å². The van der Waals surface area contributed by atoms with E-state index >= 15 is 0 Å². The van der Waals surface area contributed by atoms with Gasteiger partial charge in [0.25, 0.3) is 0 Å². The van der Waals surface area contributed by atoms with Gasteiger partial charge in [-0.1, -0.05) is 78.3 Å². The second-order valence-electron chi connectivity index (χ2n) is 7.88. The molecule has 0 aromatic heterocycles. The average Bonchev–Trinajstić information content (AvgIpc) is 2.44. The van der Waals surface area contributed by atoms with Crippen LogP contribution >= 0.6 is 0 Å². The number of benzene rings is 1. The lowest BCUT2D eigenvalue weighted by atomic mass is 9.72. The van der Waals surface area contributed by atoms with Gasteiger partial charge in [0.05, 0.1) is 0 Å². The first-order valence-electron chi connectivity index (χ1n) is 8.58. The van der Waals surface area contributed by atoms with Crippen molar-refractivity contribution in [1.29, 1.82) is 0 Å². The maximum atomic E-state index is 3.84. The van der Waals surface area contributed by atoms with E-state index in [0.717, 1.165) is 6.54 Å². The monoisotopic (exact) mass is 289 g/mol. The van der Waals surface area contributed by atoms with Crippen molar-refractivity contribution in [2.75, 3.05) is 0 Å². The maximum absolute atomic E-state index is 3.84. The van der Waals surface area contributed by atoms with Crippen LogP contribution < -0.4 is 5.32 Å². The summed E-state index contributed by atoms with van der Waals surface area (Å²) in [5, 5.41) is 3.84. The van der Waals surface area contributed by atoms with Crippen LogP contribution in [0.1, 0.15) is 72.8 Å². The summed E-state index contributed by atoms with van der Waals surface area (Å²) in [5.41, 5.74) is 2.12. The van der Waals surface area contributed by atoms with Crippen LogP contribution in [0.4, 0.5) is 0 Å². The quantitative estimate of drug-likeness (QED) is 0.606. The predicted octanol–water partition coefficient (Wildman–Crippen LogP) is 5.80. The summed E-state index contributed by atoms with van der Waals surface area (Å²) in [6, 6.07) is 11.3. The minimum Gasteiger partial charge on any atom is -0.309 e. The van der Waals surface area contributed by atoms with Crippen molar-refractivity contribution in [2.45, 2.75) is 79.8 Å². The molecule has 0 radical (unpaired) electrons. The Morgan fingerprint density at radius 2 is 1.62 bits per heavy atom. The summed E-state index contributed by atoms with van der Waals surface area (Å²) in [4.78, 5) is 0. The van der Waals surface area contributed by atoms with E-state index in [1.54, 1.807) is 0 Å². The van der Waals surface area contributed by atoms with Gasteiger partial charge in [0.1, 0.15) is 0 Å². The highest BCUT2D eigenvalue weighted by atomic mass is 14.9. The number of hydrogen-bond donors (Lipinski definition) is 1. The van der Waals surface area contributed by atoms with Crippen molar-refractivity contribution in [1.82, 2.24) is 5.32 Å². The van der Waals surface area contributed by atoms with Gasteiger partial charge in [-0.3, -0.25) is 0 Å². The summed E-state index contributed by atoms with van der Waals surface area (Å²) in [6.45, 7) is 15.2. The van der Waals surface area contributed by atoms with Gasteiger partial charge in [0.15, 0.2) is 0 Å². The van der Waals surface area contributed by atoms with Crippen LogP contribution in [0, 0.1) is 10.8 Å². The highest BCUT2D eigenvalue weighted by Crippen LogP contribution is 2.36. The van der Waals surface area contributed by atoms with E-state index in [4.69, 9.17) is 0 Å². The Balaban J connectivity index is 2.74. The molecule has 1 nitrogen and oxygen atoms in total. The van der Waals surface area contributed by atoms with Gasteiger partial charge in [0, 0.05) is 12.6 Å². The van der Waals surface area contributed by atoms with E-state index in [9.17, 15) is 0 Å². The van der Waals surface area contributed by atoms with Crippen LogP contribution in [-0.2, 0) is 6.54 Å². The van der Waals surface area contributed by atoms with Crippen molar-refractivity contribution in [2.24, 2.45) is 10.8 Å². The van der Waals surface area contributed by atoms with Crippen molar-refractivity contribution in [3.63, 3.8) is 0 Å². The fraction of sp³-hybridized carbons (Fsp3) is 0.700. The Labute approximate surface area is 132 Å². The Kier molecular flexibility index (Phi) is 6.93. The highest BCUT2D eigenvalue weighted by Gasteiger charge is 2.32. The molecule has 0 bridgehead atoms. The molecule has 0 heterocycles. The van der Waals surface area contributed by atoms with Gasteiger partial charge in [-0.2, -0.15) is 0 Å². The number of rotatable bonds is 9. The third-order valence-corrected chi connectivity index (χ3v) is 4.93. The smallest absolute Gasteiger partial charge is 0.0208 e. The van der Waals surface area contributed by atoms with Gasteiger partial charge in [-0.05, 0) is 35.7 Å². The first-order valence-corrected chi connectivity index (χ1v) is 8.58. The van der Waals surface area contributed by atoms with Crippen LogP contribution in [0.2, 0.25) is 0 Å². The molecule has 1 N–H and O–H groups in total. The molecule has 1 aromatic rings. The number of nitrogens with one attached hydrogen (secondary N) is 1. The van der Waals surface area contributed by atoms with Gasteiger partial charge < -0.3 is 5.32 Å². The molecule has 1 aromatic carbocycles. The van der Waals surface area contributed by atoms with E-state index in [0.29, 0.717) is 16.9 Å². The molecule has 0 amide bonds. The molecule has 120 valence electrons. The zero-order valence-corrected chi connectivity index (χ0v) is 15.0. The van der Waals surface area contributed by atoms with Gasteiger partial charge >= 0.3 is 0 Å². The molecule has 0 aliphatic rings. The van der Waals surface area contributed by atoms with Gasteiger partial charge in [0.2, 0.25) is 0 Å². The van der Waals surface area contributed by atoms with E-state index in [1.807, 2.05) is 0 Å². The molecule has 0 aliphatic carbocycles. The van der Waals surface area contributed by atoms with E-state index in [-0.39, 0.29) is 0 Å². The molecular weight excluding hydrogens is 254 g/mol. The lowest BCUT2D eigenvalue weighted by molar-refractivity contribution is 0.154. The van der Waals surface area contributed by atoms with Crippen molar-refractivity contribution in [3.8, 4) is 0 Å². The van der Waals surface area contributed by atoms with E-state index in [1.165, 1.54) is 31.2 Å².